The topological polar surface area (TPSA) is 112 Å². The van der Waals surface area contributed by atoms with Crippen LogP contribution in [-0.2, 0) is 22.6 Å². The highest BCUT2D eigenvalue weighted by atomic mass is 16.4. The molecular weight excluding hydrogens is 248 g/mol. The zero-order chi connectivity index (χ0) is 13.8. The highest BCUT2D eigenvalue weighted by Crippen LogP contribution is 2.22. The summed E-state index contributed by atoms with van der Waals surface area (Å²) in [6, 6.07) is -0.818. The molecule has 0 saturated heterocycles. The molecule has 1 unspecified atom stereocenters. The molecule has 104 valence electrons. The smallest absolute Gasteiger partial charge is 0.326 e. The number of imidazole rings is 1. The van der Waals surface area contributed by atoms with Gasteiger partial charge in [0.1, 0.15) is 6.04 Å². The van der Waals surface area contributed by atoms with E-state index in [0.717, 1.165) is 17.8 Å². The lowest BCUT2D eigenvalue weighted by Gasteiger charge is -2.32. The highest BCUT2D eigenvalue weighted by molar-refractivity contribution is 5.84. The van der Waals surface area contributed by atoms with E-state index in [-0.39, 0.29) is 18.9 Å². The molecule has 7 nitrogen and oxygen atoms in total. The van der Waals surface area contributed by atoms with Crippen molar-refractivity contribution in [2.24, 2.45) is 5.73 Å². The molecule has 2 rings (SSSR count). The number of carboxylic acid groups (broad SMARTS) is 1. The van der Waals surface area contributed by atoms with E-state index in [0.29, 0.717) is 19.4 Å². The highest BCUT2D eigenvalue weighted by Gasteiger charge is 2.35. The van der Waals surface area contributed by atoms with Gasteiger partial charge in [0.15, 0.2) is 0 Å². The van der Waals surface area contributed by atoms with E-state index in [2.05, 4.69) is 9.97 Å². The molecule has 1 aliphatic rings. The molecule has 1 amide bonds. The van der Waals surface area contributed by atoms with Crippen LogP contribution in [0, 0.1) is 0 Å². The summed E-state index contributed by atoms with van der Waals surface area (Å²) < 4.78 is 0. The van der Waals surface area contributed by atoms with Crippen molar-refractivity contribution in [1.29, 1.82) is 0 Å². The van der Waals surface area contributed by atoms with Crippen LogP contribution in [0.4, 0.5) is 0 Å². The number of aromatic nitrogens is 2. The summed E-state index contributed by atoms with van der Waals surface area (Å²) in [5.41, 5.74) is 6.94. The average Bonchev–Trinajstić information content (AvgIpc) is 2.84. The van der Waals surface area contributed by atoms with Crippen LogP contribution in [0.3, 0.4) is 0 Å². The number of nitrogens with two attached hydrogens (primary N) is 1. The number of nitrogens with zero attached hydrogens (tertiary/aromatic N) is 2. The van der Waals surface area contributed by atoms with Gasteiger partial charge in [0.25, 0.3) is 0 Å². The fourth-order valence-electron chi connectivity index (χ4n) is 2.28. The first-order valence-electron chi connectivity index (χ1n) is 6.37. The van der Waals surface area contributed by atoms with Crippen LogP contribution in [0.2, 0.25) is 0 Å². The number of rotatable bonds is 5. The molecule has 4 N–H and O–H groups in total. The standard InChI is InChI=1S/C12H18N4O3/c13-4-2-1-3-11(17)16-6-9-8(14-7-15-9)5-10(16)12(18)19/h7,10H,1-6,13H2,(H,14,15)(H,18,19). The maximum atomic E-state index is 12.1. The Labute approximate surface area is 110 Å². The number of aromatic amines is 1. The predicted octanol–water partition coefficient (Wildman–Crippen LogP) is -0.123. The van der Waals surface area contributed by atoms with Crippen molar-refractivity contribution in [2.45, 2.75) is 38.3 Å². The second kappa shape index (κ2) is 5.83. The van der Waals surface area contributed by atoms with Crippen molar-refractivity contribution >= 4 is 11.9 Å². The largest absolute Gasteiger partial charge is 0.480 e. The first kappa shape index (κ1) is 13.5. The zero-order valence-corrected chi connectivity index (χ0v) is 10.6. The van der Waals surface area contributed by atoms with E-state index < -0.39 is 12.0 Å². The van der Waals surface area contributed by atoms with Crippen LogP contribution in [-0.4, -0.2) is 44.4 Å². The Hall–Kier alpha value is -1.89. The van der Waals surface area contributed by atoms with Crippen molar-refractivity contribution in [3.05, 3.63) is 17.7 Å². The van der Waals surface area contributed by atoms with Crippen LogP contribution in [0.15, 0.2) is 6.33 Å². The van der Waals surface area contributed by atoms with Crippen molar-refractivity contribution in [3.8, 4) is 0 Å². The molecule has 0 spiro atoms. The second-order valence-electron chi connectivity index (χ2n) is 4.65. The van der Waals surface area contributed by atoms with Gasteiger partial charge in [-0.15, -0.1) is 0 Å². The number of amides is 1. The molecule has 0 bridgehead atoms. The molecule has 0 saturated carbocycles. The van der Waals surface area contributed by atoms with Gasteiger partial charge in [0, 0.05) is 12.8 Å². The van der Waals surface area contributed by atoms with Crippen LogP contribution in [0.25, 0.3) is 0 Å². The third-order valence-corrected chi connectivity index (χ3v) is 3.35. The van der Waals surface area contributed by atoms with Gasteiger partial charge in [0.05, 0.1) is 24.3 Å². The normalized spacial score (nSPS) is 18.2. The number of fused-ring (bicyclic) bond motifs is 1. The van der Waals surface area contributed by atoms with Gasteiger partial charge in [-0.3, -0.25) is 4.79 Å². The van der Waals surface area contributed by atoms with Gasteiger partial charge < -0.3 is 20.7 Å². The molecule has 0 aliphatic carbocycles. The Morgan fingerprint density at radius 2 is 2.32 bits per heavy atom. The number of nitrogens with one attached hydrogen (secondary N) is 1. The van der Waals surface area contributed by atoms with E-state index in [1.807, 2.05) is 0 Å². The maximum absolute atomic E-state index is 12.1. The molecule has 0 fully saturated rings. The number of aliphatic carboxylic acids is 1. The zero-order valence-electron chi connectivity index (χ0n) is 10.6. The Balaban J connectivity index is 2.09. The molecule has 1 aliphatic heterocycles. The lowest BCUT2D eigenvalue weighted by atomic mass is 10.0. The van der Waals surface area contributed by atoms with Crippen LogP contribution in [0.1, 0.15) is 30.7 Å². The minimum atomic E-state index is -0.985. The third-order valence-electron chi connectivity index (χ3n) is 3.35. The minimum absolute atomic E-state index is 0.138. The lowest BCUT2D eigenvalue weighted by Crippen LogP contribution is -2.48. The first-order valence-corrected chi connectivity index (χ1v) is 6.37. The number of H-pyrrole nitrogens is 1. The second-order valence-corrected chi connectivity index (χ2v) is 4.65. The van der Waals surface area contributed by atoms with E-state index in [9.17, 15) is 14.7 Å². The summed E-state index contributed by atoms with van der Waals surface area (Å²) in [6.45, 7) is 0.827. The SMILES string of the molecule is NCCCCC(=O)N1Cc2[nH]cnc2CC1C(=O)O. The molecule has 0 radical (unpaired) electrons. The first-order chi connectivity index (χ1) is 9.13. The van der Waals surface area contributed by atoms with Gasteiger partial charge >= 0.3 is 5.97 Å². The van der Waals surface area contributed by atoms with E-state index in [1.54, 1.807) is 0 Å². The number of unbranched alkanes of at least 4 members (excludes halogenated alkanes) is 1. The lowest BCUT2D eigenvalue weighted by molar-refractivity contribution is -0.151. The Morgan fingerprint density at radius 3 is 3.00 bits per heavy atom. The van der Waals surface area contributed by atoms with E-state index in [4.69, 9.17) is 5.73 Å². The fourth-order valence-corrected chi connectivity index (χ4v) is 2.28. The summed E-state index contributed by atoms with van der Waals surface area (Å²) in [5, 5.41) is 9.24. The van der Waals surface area contributed by atoms with E-state index >= 15 is 0 Å². The maximum Gasteiger partial charge on any atom is 0.326 e. The predicted molar refractivity (Wildman–Crippen MR) is 67.2 cm³/mol. The molecule has 1 aromatic heterocycles. The van der Waals surface area contributed by atoms with Gasteiger partial charge in [0.2, 0.25) is 5.91 Å². The van der Waals surface area contributed by atoms with Crippen molar-refractivity contribution < 1.29 is 14.7 Å². The van der Waals surface area contributed by atoms with Crippen molar-refractivity contribution in [3.63, 3.8) is 0 Å². The Kier molecular flexibility index (Phi) is 4.16. The Bertz CT molecular complexity index is 471. The monoisotopic (exact) mass is 266 g/mol. The van der Waals surface area contributed by atoms with Crippen LogP contribution >= 0.6 is 0 Å². The molecule has 1 atom stereocenters. The third kappa shape index (κ3) is 2.93. The van der Waals surface area contributed by atoms with Gasteiger partial charge in [-0.2, -0.15) is 0 Å². The van der Waals surface area contributed by atoms with Gasteiger partial charge in [-0.25, -0.2) is 9.78 Å². The number of carbonyl (C=O) groups excluding carboxylic acids is 1. The summed E-state index contributed by atoms with van der Waals surface area (Å²) in [6.07, 6.45) is 3.59. The van der Waals surface area contributed by atoms with Crippen molar-refractivity contribution in [2.75, 3.05) is 6.54 Å². The van der Waals surface area contributed by atoms with Crippen LogP contribution in [0.5, 0.6) is 0 Å². The summed E-state index contributed by atoms with van der Waals surface area (Å²) in [7, 11) is 0. The van der Waals surface area contributed by atoms with E-state index in [1.165, 1.54) is 11.2 Å². The Morgan fingerprint density at radius 1 is 1.53 bits per heavy atom. The molecule has 19 heavy (non-hydrogen) atoms. The summed E-state index contributed by atoms with van der Waals surface area (Å²) >= 11 is 0. The van der Waals surface area contributed by atoms with Gasteiger partial charge in [-0.05, 0) is 19.4 Å². The summed E-state index contributed by atoms with van der Waals surface area (Å²) in [4.78, 5) is 31.8. The number of hydrogen-bond donors (Lipinski definition) is 3. The van der Waals surface area contributed by atoms with Crippen molar-refractivity contribution in [1.82, 2.24) is 14.9 Å². The fraction of sp³-hybridized carbons (Fsp3) is 0.583. The average molecular weight is 266 g/mol. The summed E-state index contributed by atoms with van der Waals surface area (Å²) in [5.74, 6) is -1.12. The number of carboxylic acids is 1. The number of hydrogen-bond acceptors (Lipinski definition) is 4. The minimum Gasteiger partial charge on any atom is -0.480 e. The van der Waals surface area contributed by atoms with Gasteiger partial charge in [-0.1, -0.05) is 0 Å². The molecule has 7 heteroatoms. The molecule has 1 aromatic rings. The van der Waals surface area contributed by atoms with Crippen LogP contribution < -0.4 is 5.73 Å². The molecular formula is C12H18N4O3. The quantitative estimate of drug-likeness (QED) is 0.643. The molecule has 2 heterocycles. The molecule has 0 aromatic carbocycles. The number of carbonyl (C=O) groups is 2.